The van der Waals surface area contributed by atoms with E-state index in [1.54, 1.807) is 7.76 Å². The Morgan fingerprint density at radius 2 is 2.38 bits per heavy atom. The van der Waals surface area contributed by atoms with Gasteiger partial charge in [-0.3, -0.25) is 0 Å². The van der Waals surface area contributed by atoms with Gasteiger partial charge in [0.2, 0.25) is 0 Å². The number of hydrogen-bond donors (Lipinski definition) is 0. The minimum atomic E-state index is 0.335. The molecule has 1 heterocycles. The molecule has 0 aromatic rings. The maximum absolute atomic E-state index is 2.26. The molecule has 0 atom stereocenters. The molecule has 0 bridgehead atoms. The van der Waals surface area contributed by atoms with Gasteiger partial charge in [-0.15, -0.1) is 0 Å². The first-order valence-corrected chi connectivity index (χ1v) is 4.36. The average molecular weight is 138 g/mol. The third kappa shape index (κ3) is 0.744. The summed E-state index contributed by atoms with van der Waals surface area (Å²) in [7, 11) is 0. The zero-order valence-electron chi connectivity index (χ0n) is 4.52. The summed E-state index contributed by atoms with van der Waals surface area (Å²) < 4.78 is 3.45. The molecular formula is C7H6Ti. The van der Waals surface area contributed by atoms with Crippen LogP contribution in [0.25, 0.3) is 0 Å². The zero-order valence-corrected chi connectivity index (χ0v) is 6.08. The second kappa shape index (κ2) is 1.71. The molecular weight excluding hydrogens is 132 g/mol. The van der Waals surface area contributed by atoms with Crippen LogP contribution >= 0.6 is 0 Å². The standard InChI is InChI=1S/C7H6.Ti/c1-2-4-6-7-5-3-1;/h1-4H,5H2;. The van der Waals surface area contributed by atoms with Crippen LogP contribution in [0.4, 0.5) is 0 Å². The minimum absolute atomic E-state index is 0.335. The molecule has 8 heavy (non-hydrogen) atoms. The van der Waals surface area contributed by atoms with Crippen molar-refractivity contribution < 1.29 is 19.2 Å². The molecule has 0 fully saturated rings. The third-order valence-corrected chi connectivity index (χ3v) is 3.35. The van der Waals surface area contributed by atoms with Crippen LogP contribution in [0.3, 0.4) is 0 Å². The van der Waals surface area contributed by atoms with Gasteiger partial charge in [0.1, 0.15) is 0 Å². The van der Waals surface area contributed by atoms with Gasteiger partial charge in [-0.25, -0.2) is 0 Å². The van der Waals surface area contributed by atoms with E-state index in [-0.39, 0.29) is 0 Å². The van der Waals surface area contributed by atoms with E-state index in [0.29, 0.717) is 19.2 Å². The van der Waals surface area contributed by atoms with E-state index in [9.17, 15) is 0 Å². The predicted octanol–water partition coefficient (Wildman–Crippen LogP) is 1.81. The van der Waals surface area contributed by atoms with Crippen molar-refractivity contribution in [3.05, 3.63) is 32.1 Å². The van der Waals surface area contributed by atoms with Crippen molar-refractivity contribution in [3.63, 3.8) is 0 Å². The molecule has 38 valence electrons. The Balaban J connectivity index is 2.30. The molecule has 0 saturated heterocycles. The van der Waals surface area contributed by atoms with E-state index in [4.69, 9.17) is 0 Å². The van der Waals surface area contributed by atoms with Gasteiger partial charge in [0.15, 0.2) is 0 Å². The Bertz CT molecular complexity index is 196. The first-order chi connectivity index (χ1) is 3.97. The van der Waals surface area contributed by atoms with Crippen molar-refractivity contribution in [1.29, 1.82) is 0 Å². The molecule has 0 saturated carbocycles. The Hall–Kier alpha value is -0.0657. The van der Waals surface area contributed by atoms with E-state index in [0.717, 1.165) is 0 Å². The van der Waals surface area contributed by atoms with Crippen molar-refractivity contribution in [2.45, 2.75) is 6.42 Å². The SMILES string of the molecule is C1=CC[C]2=[C](C=C1)[Ti]2. The van der Waals surface area contributed by atoms with Crippen molar-refractivity contribution in [2.24, 2.45) is 0 Å². The fourth-order valence-electron chi connectivity index (χ4n) is 0.851. The van der Waals surface area contributed by atoms with Crippen LogP contribution in [-0.4, -0.2) is 0 Å². The molecule has 0 nitrogen and oxygen atoms in total. The molecule has 2 aliphatic rings. The molecule has 0 N–H and O–H groups in total. The van der Waals surface area contributed by atoms with Gasteiger partial charge in [-0.2, -0.15) is 0 Å². The molecule has 0 unspecified atom stereocenters. The average Bonchev–Trinajstić information content (AvgIpc) is 2.36. The van der Waals surface area contributed by atoms with E-state index in [1.165, 1.54) is 6.42 Å². The summed E-state index contributed by atoms with van der Waals surface area (Å²) in [6, 6.07) is 0. The maximum atomic E-state index is 2.26. The molecule has 1 aliphatic heterocycles. The second-order valence-electron chi connectivity index (χ2n) is 2.01. The number of rotatable bonds is 0. The molecule has 0 aromatic carbocycles. The normalized spacial score (nSPS) is 22.0. The van der Waals surface area contributed by atoms with E-state index < -0.39 is 0 Å². The first-order valence-electron chi connectivity index (χ1n) is 2.80. The van der Waals surface area contributed by atoms with E-state index in [1.807, 2.05) is 0 Å². The van der Waals surface area contributed by atoms with Crippen molar-refractivity contribution in [1.82, 2.24) is 0 Å². The van der Waals surface area contributed by atoms with Crippen LogP contribution in [-0.2, 0) is 19.2 Å². The van der Waals surface area contributed by atoms with Gasteiger partial charge < -0.3 is 0 Å². The summed E-state index contributed by atoms with van der Waals surface area (Å²) in [5, 5.41) is 0. The predicted molar refractivity (Wildman–Crippen MR) is 29.9 cm³/mol. The fraction of sp³-hybridized carbons (Fsp3) is 0.143. The summed E-state index contributed by atoms with van der Waals surface area (Å²) in [5.74, 6) is 0. The fourth-order valence-corrected chi connectivity index (χ4v) is 2.17. The summed E-state index contributed by atoms with van der Waals surface area (Å²) in [6.45, 7) is 0. The zero-order chi connectivity index (χ0) is 5.40. The van der Waals surface area contributed by atoms with Crippen LogP contribution < -0.4 is 0 Å². The Kier molecular flexibility index (Phi) is 1.02. The van der Waals surface area contributed by atoms with Gasteiger partial charge in [0.05, 0.1) is 0 Å². The quantitative estimate of drug-likeness (QED) is 0.447. The molecule has 0 radical (unpaired) electrons. The van der Waals surface area contributed by atoms with Gasteiger partial charge in [0.25, 0.3) is 0 Å². The molecule has 1 aliphatic carbocycles. The summed E-state index contributed by atoms with van der Waals surface area (Å²) in [5.41, 5.74) is 0. The topological polar surface area (TPSA) is 0 Å². The van der Waals surface area contributed by atoms with Crippen molar-refractivity contribution >= 4 is 0 Å². The molecule has 0 aromatic heterocycles. The number of allylic oxidation sites excluding steroid dienone is 6. The van der Waals surface area contributed by atoms with E-state index >= 15 is 0 Å². The van der Waals surface area contributed by atoms with Crippen LogP contribution in [0.1, 0.15) is 6.42 Å². The molecule has 2 rings (SSSR count). The van der Waals surface area contributed by atoms with Crippen LogP contribution in [0.2, 0.25) is 0 Å². The third-order valence-electron chi connectivity index (χ3n) is 1.38. The first kappa shape index (κ1) is 4.78. The molecule has 1 heteroatoms. The molecule has 0 amide bonds. The van der Waals surface area contributed by atoms with Gasteiger partial charge in [0, 0.05) is 0 Å². The Labute approximate surface area is 57.9 Å². The van der Waals surface area contributed by atoms with Crippen molar-refractivity contribution in [3.8, 4) is 0 Å². The second-order valence-corrected chi connectivity index (χ2v) is 4.18. The van der Waals surface area contributed by atoms with Crippen molar-refractivity contribution in [2.75, 3.05) is 0 Å². The van der Waals surface area contributed by atoms with Gasteiger partial charge in [-0.05, 0) is 0 Å². The Morgan fingerprint density at radius 3 is 3.38 bits per heavy atom. The van der Waals surface area contributed by atoms with Crippen LogP contribution in [0, 0.1) is 0 Å². The summed E-state index contributed by atoms with van der Waals surface area (Å²) >= 11 is 0.335. The van der Waals surface area contributed by atoms with E-state index in [2.05, 4.69) is 24.3 Å². The summed E-state index contributed by atoms with van der Waals surface area (Å²) in [6.07, 6.45) is 10.0. The van der Waals surface area contributed by atoms with Gasteiger partial charge in [-0.1, -0.05) is 0 Å². The summed E-state index contributed by atoms with van der Waals surface area (Å²) in [4.78, 5) is 0. The van der Waals surface area contributed by atoms with Crippen LogP contribution in [0.5, 0.6) is 0 Å². The monoisotopic (exact) mass is 138 g/mol. The van der Waals surface area contributed by atoms with Gasteiger partial charge >= 0.3 is 57.6 Å². The Morgan fingerprint density at radius 1 is 1.38 bits per heavy atom. The van der Waals surface area contributed by atoms with Crippen LogP contribution in [0.15, 0.2) is 32.1 Å². The molecule has 0 spiro atoms. The number of hydrogen-bond acceptors (Lipinski definition) is 0.